The number of nitrogens with zero attached hydrogens (tertiary/aromatic N) is 2. The highest BCUT2D eigenvalue weighted by Crippen LogP contribution is 2.44. The molecule has 1 atom stereocenters. The molecule has 4 rings (SSSR count). The number of methoxy groups -OCH3 is 1. The number of nitrogens with one attached hydrogen (secondary N) is 2. The number of amides is 1. The first-order chi connectivity index (χ1) is 12.2. The van der Waals surface area contributed by atoms with Crippen molar-refractivity contribution in [1.82, 2.24) is 15.2 Å². The van der Waals surface area contributed by atoms with Gasteiger partial charge in [0.2, 0.25) is 5.91 Å². The first kappa shape index (κ1) is 15.2. The molecule has 7 heteroatoms. The Bertz CT molecular complexity index is 937. The molecule has 3 aromatic rings. The van der Waals surface area contributed by atoms with E-state index in [0.717, 1.165) is 16.8 Å². The van der Waals surface area contributed by atoms with Crippen molar-refractivity contribution in [1.29, 1.82) is 0 Å². The monoisotopic (exact) mass is 336 g/mol. The summed E-state index contributed by atoms with van der Waals surface area (Å²) in [4.78, 5) is 16.3. The minimum absolute atomic E-state index is 0.116. The molecule has 7 nitrogen and oxygen atoms in total. The largest absolute Gasteiger partial charge is 0.508 e. The summed E-state index contributed by atoms with van der Waals surface area (Å²) < 4.78 is 5.27. The number of fused-ring (bicyclic) bond motifs is 1. The second-order valence-electron chi connectivity index (χ2n) is 5.83. The molecule has 0 spiro atoms. The molecule has 0 saturated heterocycles. The minimum Gasteiger partial charge on any atom is -0.508 e. The van der Waals surface area contributed by atoms with Gasteiger partial charge in [0.1, 0.15) is 11.5 Å². The maximum absolute atomic E-state index is 12.1. The summed E-state index contributed by atoms with van der Waals surface area (Å²) in [7, 11) is 1.56. The maximum atomic E-state index is 12.1. The van der Waals surface area contributed by atoms with Crippen molar-refractivity contribution < 1.29 is 14.6 Å². The molecule has 0 fully saturated rings. The van der Waals surface area contributed by atoms with Gasteiger partial charge in [-0.25, -0.2) is 0 Å². The van der Waals surface area contributed by atoms with Crippen LogP contribution in [-0.4, -0.2) is 33.3 Å². The van der Waals surface area contributed by atoms with Crippen LogP contribution in [-0.2, 0) is 4.79 Å². The number of aromatic hydroxyl groups is 1. The van der Waals surface area contributed by atoms with E-state index in [0.29, 0.717) is 17.1 Å². The second kappa shape index (κ2) is 5.94. The number of hydrogen-bond acceptors (Lipinski definition) is 5. The summed E-state index contributed by atoms with van der Waals surface area (Å²) in [5, 5.41) is 20.4. The number of anilines is 1. The smallest absolute Gasteiger partial charge is 0.226 e. The number of aromatic amines is 1. The number of hydrogen-bond donors (Lipinski definition) is 3. The Kier molecular flexibility index (Phi) is 3.61. The topological polar surface area (TPSA) is 100 Å². The molecule has 1 aliphatic heterocycles. The van der Waals surface area contributed by atoms with E-state index in [1.54, 1.807) is 37.7 Å². The molecule has 25 heavy (non-hydrogen) atoms. The van der Waals surface area contributed by atoms with Crippen molar-refractivity contribution in [2.24, 2.45) is 0 Å². The number of carbonyl (C=O) groups is 1. The zero-order chi connectivity index (χ0) is 17.4. The van der Waals surface area contributed by atoms with Crippen LogP contribution in [0.1, 0.15) is 23.5 Å². The van der Waals surface area contributed by atoms with Crippen LogP contribution in [0.25, 0.3) is 11.3 Å². The first-order valence-corrected chi connectivity index (χ1v) is 7.82. The lowest BCUT2D eigenvalue weighted by Crippen LogP contribution is -2.23. The van der Waals surface area contributed by atoms with E-state index in [1.807, 2.05) is 12.1 Å². The molecule has 3 N–H and O–H groups in total. The Morgan fingerprint density at radius 3 is 2.96 bits per heavy atom. The molecule has 0 aliphatic carbocycles. The van der Waals surface area contributed by atoms with Gasteiger partial charge < -0.3 is 15.2 Å². The number of benzene rings is 1. The van der Waals surface area contributed by atoms with Crippen LogP contribution in [0.5, 0.6) is 11.5 Å². The summed E-state index contributed by atoms with van der Waals surface area (Å²) in [6.07, 6.45) is 3.63. The minimum atomic E-state index is -0.340. The van der Waals surface area contributed by atoms with Crippen molar-refractivity contribution >= 4 is 11.7 Å². The third kappa shape index (κ3) is 2.59. The number of pyridine rings is 1. The molecule has 1 aliphatic rings. The molecule has 0 unspecified atom stereocenters. The van der Waals surface area contributed by atoms with E-state index in [1.165, 1.54) is 0 Å². The van der Waals surface area contributed by atoms with Crippen LogP contribution in [0.4, 0.5) is 5.82 Å². The molecule has 0 radical (unpaired) electrons. The standard InChI is InChI=1S/C18H16N4O3/c1-25-11-4-5-14(23)12(7-11)13-8-15(24)20-18-16(13)17(21-22-18)10-3-2-6-19-9-10/h2-7,9,13,23H,8H2,1H3,(H2,20,21,22,24)/t13-/m0/s1. The van der Waals surface area contributed by atoms with E-state index in [4.69, 9.17) is 4.74 Å². The van der Waals surface area contributed by atoms with Crippen molar-refractivity contribution in [3.63, 3.8) is 0 Å². The van der Waals surface area contributed by atoms with Crippen molar-refractivity contribution in [3.05, 3.63) is 53.9 Å². The Hall–Kier alpha value is -3.35. The predicted octanol–water partition coefficient (Wildman–Crippen LogP) is 2.66. The average Bonchev–Trinajstić information content (AvgIpc) is 3.06. The van der Waals surface area contributed by atoms with Crippen molar-refractivity contribution in [3.8, 4) is 22.8 Å². The second-order valence-corrected chi connectivity index (χ2v) is 5.83. The third-order valence-electron chi connectivity index (χ3n) is 4.36. The number of rotatable bonds is 3. The molecule has 126 valence electrons. The van der Waals surface area contributed by atoms with Gasteiger partial charge in [-0.3, -0.25) is 14.9 Å². The third-order valence-corrected chi connectivity index (χ3v) is 4.36. The highest BCUT2D eigenvalue weighted by Gasteiger charge is 2.33. The fraction of sp³-hybridized carbons (Fsp3) is 0.167. The molecule has 0 bridgehead atoms. The molecule has 2 aromatic heterocycles. The Labute approximate surface area is 143 Å². The zero-order valence-corrected chi connectivity index (χ0v) is 13.5. The Balaban J connectivity index is 1.90. The Morgan fingerprint density at radius 1 is 1.32 bits per heavy atom. The van der Waals surface area contributed by atoms with Crippen LogP contribution in [0.3, 0.4) is 0 Å². The SMILES string of the molecule is COc1ccc(O)c([C@@H]2CC(=O)Nc3n[nH]c(-c4cccnc4)c32)c1. The highest BCUT2D eigenvalue weighted by molar-refractivity contribution is 5.96. The van der Waals surface area contributed by atoms with E-state index in [9.17, 15) is 9.90 Å². The van der Waals surface area contributed by atoms with E-state index in [2.05, 4.69) is 20.5 Å². The van der Waals surface area contributed by atoms with Gasteiger partial charge in [0.25, 0.3) is 0 Å². The lowest BCUT2D eigenvalue weighted by atomic mass is 9.84. The van der Waals surface area contributed by atoms with Crippen LogP contribution in [0.15, 0.2) is 42.7 Å². The predicted molar refractivity (Wildman–Crippen MR) is 91.6 cm³/mol. The van der Waals surface area contributed by atoms with Gasteiger partial charge in [0, 0.05) is 41.4 Å². The van der Waals surface area contributed by atoms with Gasteiger partial charge in [-0.15, -0.1) is 0 Å². The summed E-state index contributed by atoms with van der Waals surface area (Å²) in [5.41, 5.74) is 3.09. The van der Waals surface area contributed by atoms with Crippen LogP contribution < -0.4 is 10.1 Å². The number of ether oxygens (including phenoxy) is 1. The quantitative estimate of drug-likeness (QED) is 0.683. The number of phenols is 1. The Morgan fingerprint density at radius 2 is 2.20 bits per heavy atom. The van der Waals surface area contributed by atoms with Gasteiger partial charge in [-0.2, -0.15) is 5.10 Å². The zero-order valence-electron chi connectivity index (χ0n) is 13.5. The summed E-state index contributed by atoms with van der Waals surface area (Å²) >= 11 is 0. The van der Waals surface area contributed by atoms with Crippen molar-refractivity contribution in [2.45, 2.75) is 12.3 Å². The number of H-pyrrole nitrogens is 1. The van der Waals surface area contributed by atoms with Gasteiger partial charge in [0.05, 0.1) is 12.8 Å². The lowest BCUT2D eigenvalue weighted by Gasteiger charge is -2.24. The molecule has 3 heterocycles. The average molecular weight is 336 g/mol. The van der Waals surface area contributed by atoms with E-state index >= 15 is 0 Å². The molecule has 1 amide bonds. The first-order valence-electron chi connectivity index (χ1n) is 7.82. The van der Waals surface area contributed by atoms with Gasteiger partial charge >= 0.3 is 0 Å². The van der Waals surface area contributed by atoms with E-state index in [-0.39, 0.29) is 24.0 Å². The van der Waals surface area contributed by atoms with E-state index < -0.39 is 0 Å². The van der Waals surface area contributed by atoms with Crippen LogP contribution in [0, 0.1) is 0 Å². The van der Waals surface area contributed by atoms with Crippen LogP contribution in [0.2, 0.25) is 0 Å². The van der Waals surface area contributed by atoms with Gasteiger partial charge in [0.15, 0.2) is 5.82 Å². The fourth-order valence-electron chi connectivity index (χ4n) is 3.19. The number of phenolic OH excluding ortho intramolecular Hbond substituents is 1. The normalized spacial score (nSPS) is 16.2. The molecular weight excluding hydrogens is 320 g/mol. The van der Waals surface area contributed by atoms with Crippen molar-refractivity contribution in [2.75, 3.05) is 12.4 Å². The summed E-state index contributed by atoms with van der Waals surface area (Å²) in [6.45, 7) is 0. The molecule has 1 aromatic carbocycles. The highest BCUT2D eigenvalue weighted by atomic mass is 16.5. The number of aromatic nitrogens is 3. The summed E-state index contributed by atoms with van der Waals surface area (Å²) in [5.74, 6) is 0.718. The fourth-order valence-corrected chi connectivity index (χ4v) is 3.19. The molecular formula is C18H16N4O3. The number of carbonyl (C=O) groups excluding carboxylic acids is 1. The van der Waals surface area contributed by atoms with Gasteiger partial charge in [-0.1, -0.05) is 0 Å². The molecule has 0 saturated carbocycles. The van der Waals surface area contributed by atoms with Gasteiger partial charge in [-0.05, 0) is 30.3 Å². The summed E-state index contributed by atoms with van der Waals surface area (Å²) in [6, 6.07) is 8.76. The maximum Gasteiger partial charge on any atom is 0.226 e. The lowest BCUT2D eigenvalue weighted by molar-refractivity contribution is -0.116. The van der Waals surface area contributed by atoms with Crippen LogP contribution >= 0.6 is 0 Å².